The van der Waals surface area contributed by atoms with E-state index in [1.54, 1.807) is 0 Å². The molecule has 0 saturated carbocycles. The van der Waals surface area contributed by atoms with Crippen molar-refractivity contribution in [3.63, 3.8) is 0 Å². The highest BCUT2D eigenvalue weighted by molar-refractivity contribution is 5.20. The molecule has 1 rings (SSSR count). The minimum absolute atomic E-state index is 0.758. The number of para-hydroxylation sites is 1. The van der Waals surface area contributed by atoms with Gasteiger partial charge in [0.25, 0.3) is 0 Å². The van der Waals surface area contributed by atoms with Crippen LogP contribution in [0, 0.1) is 0 Å². The van der Waals surface area contributed by atoms with E-state index in [-0.39, 0.29) is 0 Å². The molecule has 0 aliphatic rings. The van der Waals surface area contributed by atoms with Crippen LogP contribution < -0.4 is 4.74 Å². The van der Waals surface area contributed by atoms with Crippen molar-refractivity contribution in [1.82, 2.24) is 4.90 Å². The summed E-state index contributed by atoms with van der Waals surface area (Å²) in [6, 6.07) is 9.92. The lowest BCUT2D eigenvalue weighted by Crippen LogP contribution is -2.23. The van der Waals surface area contributed by atoms with Crippen molar-refractivity contribution in [3.05, 3.63) is 30.3 Å². The van der Waals surface area contributed by atoms with Gasteiger partial charge in [-0.05, 0) is 25.7 Å². The van der Waals surface area contributed by atoms with Gasteiger partial charge in [0.2, 0.25) is 0 Å². The molecule has 0 radical (unpaired) electrons. The summed E-state index contributed by atoms with van der Waals surface area (Å²) in [5.41, 5.74) is 0. The fourth-order valence-corrected chi connectivity index (χ4v) is 0.994. The van der Waals surface area contributed by atoms with Crippen molar-refractivity contribution >= 4 is 0 Å². The summed E-state index contributed by atoms with van der Waals surface area (Å²) in [4.78, 5) is 2.23. The number of nitrogens with zero attached hydrogens (tertiary/aromatic N) is 1. The Kier molecular flexibility index (Phi) is 8.88. The van der Waals surface area contributed by atoms with Crippen LogP contribution in [0.5, 0.6) is 5.75 Å². The SMILES string of the molecule is CC.CCN(C)CCOc1ccccc1. The smallest absolute Gasteiger partial charge is 0.119 e. The van der Waals surface area contributed by atoms with Crippen molar-refractivity contribution < 1.29 is 4.74 Å². The van der Waals surface area contributed by atoms with Crippen LogP contribution in [0.4, 0.5) is 0 Å². The van der Waals surface area contributed by atoms with Crippen LogP contribution in [0.15, 0.2) is 30.3 Å². The van der Waals surface area contributed by atoms with Crippen molar-refractivity contribution in [1.29, 1.82) is 0 Å². The number of ether oxygens (including phenoxy) is 1. The lowest BCUT2D eigenvalue weighted by atomic mass is 10.3. The molecule has 2 nitrogen and oxygen atoms in total. The minimum atomic E-state index is 0.758. The van der Waals surface area contributed by atoms with Crippen molar-refractivity contribution in [2.24, 2.45) is 0 Å². The van der Waals surface area contributed by atoms with Crippen molar-refractivity contribution in [3.8, 4) is 5.75 Å². The highest BCUT2D eigenvalue weighted by Crippen LogP contribution is 2.07. The summed E-state index contributed by atoms with van der Waals surface area (Å²) in [6.07, 6.45) is 0. The molecule has 0 aliphatic carbocycles. The van der Waals surface area contributed by atoms with Crippen LogP contribution in [-0.4, -0.2) is 31.6 Å². The normalized spacial score (nSPS) is 9.40. The Bertz CT molecular complexity index is 223. The summed E-state index contributed by atoms with van der Waals surface area (Å²) in [6.45, 7) is 8.94. The molecule has 0 amide bonds. The first-order chi connectivity index (χ1) is 7.33. The zero-order chi connectivity index (χ0) is 11.5. The van der Waals surface area contributed by atoms with Crippen LogP contribution in [0.2, 0.25) is 0 Å². The minimum Gasteiger partial charge on any atom is -0.492 e. The van der Waals surface area contributed by atoms with Gasteiger partial charge < -0.3 is 9.64 Å². The van der Waals surface area contributed by atoms with Crippen LogP contribution in [0.3, 0.4) is 0 Å². The van der Waals surface area contributed by atoms with E-state index in [4.69, 9.17) is 4.74 Å². The second kappa shape index (κ2) is 9.53. The lowest BCUT2D eigenvalue weighted by molar-refractivity contribution is 0.244. The molecular formula is C13H23NO. The Morgan fingerprint density at radius 3 is 2.27 bits per heavy atom. The maximum Gasteiger partial charge on any atom is 0.119 e. The molecule has 1 aromatic rings. The monoisotopic (exact) mass is 209 g/mol. The summed E-state index contributed by atoms with van der Waals surface area (Å²) < 4.78 is 5.54. The van der Waals surface area contributed by atoms with Gasteiger partial charge in [-0.3, -0.25) is 0 Å². The second-order valence-corrected chi connectivity index (χ2v) is 3.06. The van der Waals surface area contributed by atoms with Gasteiger partial charge in [0.05, 0.1) is 0 Å². The first-order valence-electron chi connectivity index (χ1n) is 5.69. The van der Waals surface area contributed by atoms with Crippen LogP contribution in [0.1, 0.15) is 20.8 Å². The van der Waals surface area contributed by atoms with Crippen molar-refractivity contribution in [2.45, 2.75) is 20.8 Å². The molecule has 0 spiro atoms. The number of hydrogen-bond donors (Lipinski definition) is 0. The van der Waals surface area contributed by atoms with E-state index < -0.39 is 0 Å². The average Bonchev–Trinajstić information content (AvgIpc) is 2.33. The van der Waals surface area contributed by atoms with E-state index in [9.17, 15) is 0 Å². The van der Waals surface area contributed by atoms with Gasteiger partial charge in [-0.1, -0.05) is 39.0 Å². The Balaban J connectivity index is 0.000000921. The first kappa shape index (κ1) is 14.0. The summed E-state index contributed by atoms with van der Waals surface area (Å²) >= 11 is 0. The molecule has 0 N–H and O–H groups in total. The topological polar surface area (TPSA) is 12.5 Å². The lowest BCUT2D eigenvalue weighted by Gasteiger charge is -2.13. The van der Waals surface area contributed by atoms with E-state index in [0.29, 0.717) is 0 Å². The number of likely N-dealkylation sites (N-methyl/N-ethyl adjacent to an activating group) is 1. The Morgan fingerprint density at radius 2 is 1.73 bits per heavy atom. The molecule has 86 valence electrons. The molecule has 0 unspecified atom stereocenters. The molecule has 0 aromatic heterocycles. The molecule has 0 saturated heterocycles. The fraction of sp³-hybridized carbons (Fsp3) is 0.538. The van der Waals surface area contributed by atoms with Gasteiger partial charge in [-0.2, -0.15) is 0 Å². The highest BCUT2D eigenvalue weighted by atomic mass is 16.5. The molecule has 2 heteroatoms. The van der Waals surface area contributed by atoms with Crippen LogP contribution >= 0.6 is 0 Å². The summed E-state index contributed by atoms with van der Waals surface area (Å²) in [5.74, 6) is 0.951. The van der Waals surface area contributed by atoms with E-state index in [0.717, 1.165) is 25.4 Å². The van der Waals surface area contributed by atoms with Gasteiger partial charge >= 0.3 is 0 Å². The predicted octanol–water partition coefficient (Wildman–Crippen LogP) is 3.04. The zero-order valence-electron chi connectivity index (χ0n) is 10.4. The second-order valence-electron chi connectivity index (χ2n) is 3.06. The van der Waals surface area contributed by atoms with E-state index in [1.807, 2.05) is 44.2 Å². The highest BCUT2D eigenvalue weighted by Gasteiger charge is 1.94. The zero-order valence-corrected chi connectivity index (χ0v) is 10.4. The molecular weight excluding hydrogens is 186 g/mol. The Hall–Kier alpha value is -1.02. The molecule has 1 aromatic carbocycles. The number of rotatable bonds is 5. The Morgan fingerprint density at radius 1 is 1.13 bits per heavy atom. The van der Waals surface area contributed by atoms with Crippen LogP contribution in [0.25, 0.3) is 0 Å². The van der Waals surface area contributed by atoms with E-state index >= 15 is 0 Å². The third-order valence-electron chi connectivity index (χ3n) is 2.02. The predicted molar refractivity (Wildman–Crippen MR) is 66.5 cm³/mol. The van der Waals surface area contributed by atoms with Crippen LogP contribution in [-0.2, 0) is 0 Å². The molecule has 0 atom stereocenters. The van der Waals surface area contributed by atoms with Gasteiger partial charge in [0.15, 0.2) is 0 Å². The summed E-state index contributed by atoms with van der Waals surface area (Å²) in [5, 5.41) is 0. The third kappa shape index (κ3) is 6.97. The average molecular weight is 209 g/mol. The molecule has 0 fully saturated rings. The maximum atomic E-state index is 5.54. The van der Waals surface area contributed by atoms with Gasteiger partial charge in [-0.15, -0.1) is 0 Å². The molecule has 0 bridgehead atoms. The van der Waals surface area contributed by atoms with Gasteiger partial charge in [0, 0.05) is 6.54 Å². The largest absolute Gasteiger partial charge is 0.492 e. The number of hydrogen-bond acceptors (Lipinski definition) is 2. The fourth-order valence-electron chi connectivity index (χ4n) is 0.994. The molecule has 15 heavy (non-hydrogen) atoms. The number of benzene rings is 1. The summed E-state index contributed by atoms with van der Waals surface area (Å²) in [7, 11) is 2.09. The van der Waals surface area contributed by atoms with E-state index in [1.165, 1.54) is 0 Å². The molecule has 0 heterocycles. The maximum absolute atomic E-state index is 5.54. The first-order valence-corrected chi connectivity index (χ1v) is 5.69. The standard InChI is InChI=1S/C11H17NO.C2H6/c1-3-12(2)9-10-13-11-7-5-4-6-8-11;1-2/h4-8H,3,9-10H2,1-2H3;1-2H3. The Labute approximate surface area is 93.9 Å². The van der Waals surface area contributed by atoms with Gasteiger partial charge in [-0.25, -0.2) is 0 Å². The van der Waals surface area contributed by atoms with E-state index in [2.05, 4.69) is 18.9 Å². The third-order valence-corrected chi connectivity index (χ3v) is 2.02. The van der Waals surface area contributed by atoms with Crippen molar-refractivity contribution in [2.75, 3.05) is 26.7 Å². The molecule has 0 aliphatic heterocycles. The van der Waals surface area contributed by atoms with Gasteiger partial charge in [0.1, 0.15) is 12.4 Å². The quantitative estimate of drug-likeness (QED) is 0.739.